The second-order valence-electron chi connectivity index (χ2n) is 11.0. The lowest BCUT2D eigenvalue weighted by atomic mass is 9.86. The fourth-order valence-corrected chi connectivity index (χ4v) is 6.49. The summed E-state index contributed by atoms with van der Waals surface area (Å²) in [6.07, 6.45) is 6.26. The Hall–Kier alpha value is -2.70. The monoisotopic (exact) mass is 504 g/mol. The Bertz CT molecular complexity index is 1240. The van der Waals surface area contributed by atoms with Crippen LogP contribution in [0.25, 0.3) is 10.8 Å². The second-order valence-corrected chi connectivity index (χ2v) is 12.2. The van der Waals surface area contributed by atoms with E-state index in [4.69, 9.17) is 4.74 Å². The molecule has 1 amide bonds. The van der Waals surface area contributed by atoms with Crippen molar-refractivity contribution in [1.29, 1.82) is 0 Å². The molecule has 0 radical (unpaired) electrons. The molecule has 1 aliphatic heterocycles. The number of benzene rings is 3. The van der Waals surface area contributed by atoms with Crippen LogP contribution in [0.5, 0.6) is 0 Å². The van der Waals surface area contributed by atoms with E-state index in [0.29, 0.717) is 19.0 Å². The summed E-state index contributed by atoms with van der Waals surface area (Å²) in [4.78, 5) is 15.1. The molecule has 190 valence electrons. The summed E-state index contributed by atoms with van der Waals surface area (Å²) >= 11 is -1.36. The average molecular weight is 505 g/mol. The number of nitrogens with zero attached hydrogens (tertiary/aromatic N) is 1. The predicted octanol–water partition coefficient (Wildman–Crippen LogP) is 6.97. The number of carbonyl (C=O) groups excluding carboxylic acids is 1. The van der Waals surface area contributed by atoms with E-state index in [9.17, 15) is 9.35 Å². The number of aryl methyl sites for hydroxylation is 2. The van der Waals surface area contributed by atoms with Gasteiger partial charge in [-0.15, -0.1) is 0 Å². The van der Waals surface area contributed by atoms with Gasteiger partial charge in [-0.05, 0) is 112 Å². The lowest BCUT2D eigenvalue weighted by Crippen LogP contribution is -2.41. The first-order valence-electron chi connectivity index (χ1n) is 13.1. The van der Waals surface area contributed by atoms with Crippen molar-refractivity contribution in [1.82, 2.24) is 4.90 Å². The van der Waals surface area contributed by atoms with E-state index in [1.165, 1.54) is 29.5 Å². The van der Waals surface area contributed by atoms with E-state index in [1.54, 1.807) is 0 Å². The minimum atomic E-state index is -1.36. The first-order valence-corrected chi connectivity index (χ1v) is 14.2. The SMILES string of the molecule is CC(C)(C)OC(=O)N1CCC(c2ccc([S+]([O-])Nc3ccc4c(c3)CCCC4)c3ccccc23)CC1. The molecule has 3 aromatic rings. The highest BCUT2D eigenvalue weighted by Crippen LogP contribution is 2.36. The molecule has 36 heavy (non-hydrogen) atoms. The van der Waals surface area contributed by atoms with Crippen molar-refractivity contribution in [3.8, 4) is 0 Å². The molecule has 0 aromatic heterocycles. The maximum absolute atomic E-state index is 13.5. The van der Waals surface area contributed by atoms with Crippen molar-refractivity contribution < 1.29 is 14.1 Å². The molecule has 2 aliphatic rings. The van der Waals surface area contributed by atoms with E-state index in [2.05, 4.69) is 41.1 Å². The number of hydrogen-bond acceptors (Lipinski definition) is 4. The molecule has 0 bridgehead atoms. The van der Waals surface area contributed by atoms with Crippen LogP contribution in [0.1, 0.15) is 69.1 Å². The highest BCUT2D eigenvalue weighted by atomic mass is 32.2. The van der Waals surface area contributed by atoms with E-state index < -0.39 is 17.0 Å². The molecule has 5 rings (SSSR count). The van der Waals surface area contributed by atoms with Crippen molar-refractivity contribution in [2.75, 3.05) is 17.8 Å². The summed E-state index contributed by atoms with van der Waals surface area (Å²) < 4.78 is 22.3. The summed E-state index contributed by atoms with van der Waals surface area (Å²) in [5.41, 5.74) is 4.50. The van der Waals surface area contributed by atoms with Gasteiger partial charge in [-0.2, -0.15) is 0 Å². The fraction of sp³-hybridized carbons (Fsp3) is 0.433. The molecule has 0 spiro atoms. The zero-order valence-corrected chi connectivity index (χ0v) is 22.3. The van der Waals surface area contributed by atoms with Crippen molar-refractivity contribution >= 4 is 33.9 Å². The quantitative estimate of drug-likeness (QED) is 0.390. The van der Waals surface area contributed by atoms with Crippen LogP contribution in [0.2, 0.25) is 0 Å². The van der Waals surface area contributed by atoms with Gasteiger partial charge in [-0.1, -0.05) is 30.3 Å². The molecule has 1 aliphatic carbocycles. The van der Waals surface area contributed by atoms with E-state index in [0.717, 1.165) is 47.0 Å². The van der Waals surface area contributed by atoms with Crippen molar-refractivity contribution in [3.63, 3.8) is 0 Å². The van der Waals surface area contributed by atoms with E-state index >= 15 is 0 Å². The molecule has 1 unspecified atom stereocenters. The molecule has 1 heterocycles. The predicted molar refractivity (Wildman–Crippen MR) is 147 cm³/mol. The van der Waals surface area contributed by atoms with Gasteiger partial charge in [0.1, 0.15) is 17.0 Å². The van der Waals surface area contributed by atoms with Gasteiger partial charge in [-0.3, -0.25) is 0 Å². The Morgan fingerprint density at radius 2 is 1.67 bits per heavy atom. The number of piperidine rings is 1. The van der Waals surface area contributed by atoms with Crippen LogP contribution in [0.4, 0.5) is 10.5 Å². The average Bonchev–Trinajstić information content (AvgIpc) is 2.87. The summed E-state index contributed by atoms with van der Waals surface area (Å²) in [6, 6.07) is 18.8. The van der Waals surface area contributed by atoms with Crippen LogP contribution in [0.15, 0.2) is 59.5 Å². The van der Waals surface area contributed by atoms with Crippen LogP contribution >= 0.6 is 0 Å². The van der Waals surface area contributed by atoms with E-state index in [-0.39, 0.29) is 6.09 Å². The number of hydrogen-bond donors (Lipinski definition) is 1. The topological polar surface area (TPSA) is 64.6 Å². The molecule has 1 fully saturated rings. The molecule has 1 N–H and O–H groups in total. The number of nitrogens with one attached hydrogen (secondary N) is 1. The zero-order chi connectivity index (χ0) is 25.3. The van der Waals surface area contributed by atoms with E-state index in [1.807, 2.05) is 43.9 Å². The van der Waals surface area contributed by atoms with Gasteiger partial charge in [0.05, 0.1) is 5.69 Å². The smallest absolute Gasteiger partial charge is 0.410 e. The minimum absolute atomic E-state index is 0.232. The van der Waals surface area contributed by atoms with Crippen molar-refractivity contribution in [2.45, 2.75) is 75.7 Å². The number of fused-ring (bicyclic) bond motifs is 2. The Morgan fingerprint density at radius 1 is 0.972 bits per heavy atom. The third kappa shape index (κ3) is 5.50. The summed E-state index contributed by atoms with van der Waals surface area (Å²) in [6.45, 7) is 7.06. The highest BCUT2D eigenvalue weighted by Gasteiger charge is 2.29. The molecule has 1 saturated heterocycles. The summed E-state index contributed by atoms with van der Waals surface area (Å²) in [5.74, 6) is 0.352. The molecule has 1 atom stereocenters. The Labute approximate surface area is 217 Å². The minimum Gasteiger partial charge on any atom is -0.588 e. The normalized spacial score (nSPS) is 17.5. The molecular weight excluding hydrogens is 468 g/mol. The summed E-state index contributed by atoms with van der Waals surface area (Å²) in [7, 11) is 0. The molecule has 3 aromatic carbocycles. The van der Waals surface area contributed by atoms with Gasteiger partial charge in [-0.25, -0.2) is 9.52 Å². The first-order chi connectivity index (χ1) is 17.3. The Kier molecular flexibility index (Phi) is 7.18. The standard InChI is InChI=1S/C30H36N2O3S/c1-30(2,3)35-29(33)32-18-16-22(17-19-32)25-14-15-28(27-11-7-6-10-26(25)27)36(34)31-24-13-12-21-8-4-5-9-23(21)20-24/h6-7,10-15,20,22,31H,4-5,8-9,16-19H2,1-3H3. The molecule has 5 nitrogen and oxygen atoms in total. The van der Waals surface area contributed by atoms with Crippen LogP contribution in [0.3, 0.4) is 0 Å². The number of likely N-dealkylation sites (tertiary alicyclic amines) is 1. The van der Waals surface area contributed by atoms with Crippen LogP contribution in [-0.4, -0.2) is 34.2 Å². The number of anilines is 1. The first kappa shape index (κ1) is 25.0. The van der Waals surface area contributed by atoms with Crippen LogP contribution in [-0.2, 0) is 28.9 Å². The Balaban J connectivity index is 1.33. The third-order valence-electron chi connectivity index (χ3n) is 7.26. The van der Waals surface area contributed by atoms with Gasteiger partial charge < -0.3 is 14.2 Å². The molecule has 6 heteroatoms. The van der Waals surface area contributed by atoms with Crippen molar-refractivity contribution in [2.24, 2.45) is 0 Å². The lowest BCUT2D eigenvalue weighted by Gasteiger charge is -2.34. The molecular formula is C30H36N2O3S. The van der Waals surface area contributed by atoms with Gasteiger partial charge >= 0.3 is 6.09 Å². The number of carbonyl (C=O) groups is 1. The maximum Gasteiger partial charge on any atom is 0.410 e. The van der Waals surface area contributed by atoms with Gasteiger partial charge in [0, 0.05) is 18.5 Å². The highest BCUT2D eigenvalue weighted by molar-refractivity contribution is 7.93. The summed E-state index contributed by atoms with van der Waals surface area (Å²) in [5, 5.41) is 2.17. The third-order valence-corrected chi connectivity index (χ3v) is 8.44. The van der Waals surface area contributed by atoms with Gasteiger partial charge in [0.15, 0.2) is 4.90 Å². The number of amides is 1. The maximum atomic E-state index is 13.5. The Morgan fingerprint density at radius 3 is 2.39 bits per heavy atom. The largest absolute Gasteiger partial charge is 0.588 e. The van der Waals surface area contributed by atoms with Crippen molar-refractivity contribution in [3.05, 3.63) is 71.3 Å². The molecule has 0 saturated carbocycles. The van der Waals surface area contributed by atoms with Gasteiger partial charge in [0.2, 0.25) is 0 Å². The van der Waals surface area contributed by atoms with Gasteiger partial charge in [0.25, 0.3) is 0 Å². The zero-order valence-electron chi connectivity index (χ0n) is 21.5. The number of rotatable bonds is 4. The van der Waals surface area contributed by atoms with Crippen LogP contribution < -0.4 is 4.72 Å². The second kappa shape index (κ2) is 10.3. The lowest BCUT2D eigenvalue weighted by molar-refractivity contribution is 0.0205. The number of ether oxygens (including phenoxy) is 1. The van der Waals surface area contributed by atoms with Crippen LogP contribution in [0, 0.1) is 0 Å². The fourth-order valence-electron chi connectivity index (χ4n) is 5.47.